The molecule has 0 saturated heterocycles. The van der Waals surface area contributed by atoms with Crippen LogP contribution in [0.2, 0.25) is 0 Å². The number of aromatic amines is 1. The molecule has 1 unspecified atom stereocenters. The van der Waals surface area contributed by atoms with E-state index in [1.54, 1.807) is 18.3 Å². The van der Waals surface area contributed by atoms with Crippen molar-refractivity contribution in [2.75, 3.05) is 13.2 Å². The molecule has 1 N–H and O–H groups in total. The van der Waals surface area contributed by atoms with Gasteiger partial charge in [-0.2, -0.15) is 0 Å². The maximum Gasteiger partial charge on any atom is 0.346 e. The lowest BCUT2D eigenvalue weighted by atomic mass is 10.1. The summed E-state index contributed by atoms with van der Waals surface area (Å²) in [4.78, 5) is 39.1. The van der Waals surface area contributed by atoms with E-state index >= 15 is 0 Å². The molecule has 0 fully saturated rings. The third kappa shape index (κ3) is 3.38. The van der Waals surface area contributed by atoms with Crippen molar-refractivity contribution >= 4 is 28.3 Å². The number of H-pyrrole nitrogens is 1. The number of ether oxygens (including phenoxy) is 3. The summed E-state index contributed by atoms with van der Waals surface area (Å²) in [7, 11) is 0. The Labute approximate surface area is 164 Å². The molecule has 2 aromatic carbocycles. The molecule has 1 aliphatic heterocycles. The number of nitrogens with one attached hydrogen (secondary N) is 1. The fourth-order valence-corrected chi connectivity index (χ4v) is 3.16. The smallest absolute Gasteiger partial charge is 0.346 e. The summed E-state index contributed by atoms with van der Waals surface area (Å²) < 4.78 is 16.0. The van der Waals surface area contributed by atoms with Gasteiger partial charge in [-0.05, 0) is 13.0 Å². The topological polar surface area (TPSA) is 121 Å². The molecule has 29 heavy (non-hydrogen) atoms. The van der Waals surface area contributed by atoms with E-state index in [0.29, 0.717) is 10.9 Å². The van der Waals surface area contributed by atoms with Crippen molar-refractivity contribution in [1.29, 1.82) is 0 Å². The molecule has 2 heterocycles. The lowest BCUT2D eigenvalue weighted by molar-refractivity contribution is -0.385. The van der Waals surface area contributed by atoms with Gasteiger partial charge in [-0.1, -0.05) is 18.2 Å². The molecule has 4 rings (SSSR count). The first kappa shape index (κ1) is 18.5. The van der Waals surface area contributed by atoms with E-state index < -0.39 is 28.5 Å². The van der Waals surface area contributed by atoms with Crippen molar-refractivity contribution in [3.8, 4) is 11.5 Å². The molecular weight excluding hydrogens is 380 g/mol. The molecule has 0 radical (unpaired) electrons. The Morgan fingerprint density at radius 3 is 2.55 bits per heavy atom. The van der Waals surface area contributed by atoms with Crippen molar-refractivity contribution in [2.24, 2.45) is 0 Å². The summed E-state index contributed by atoms with van der Waals surface area (Å²) in [5.41, 5.74) is 0.359. The second kappa shape index (κ2) is 7.27. The number of nitro benzene ring substituents is 1. The predicted molar refractivity (Wildman–Crippen MR) is 102 cm³/mol. The lowest BCUT2D eigenvalue weighted by Crippen LogP contribution is -2.25. The van der Waals surface area contributed by atoms with Gasteiger partial charge in [0.05, 0.1) is 11.0 Å². The van der Waals surface area contributed by atoms with Crippen LogP contribution in [0.25, 0.3) is 10.9 Å². The third-order valence-corrected chi connectivity index (χ3v) is 4.58. The number of benzene rings is 2. The van der Waals surface area contributed by atoms with Gasteiger partial charge < -0.3 is 19.2 Å². The number of nitrogens with zero attached hydrogens (tertiary/aromatic N) is 1. The first-order valence-corrected chi connectivity index (χ1v) is 8.85. The number of para-hydroxylation sites is 1. The van der Waals surface area contributed by atoms with Gasteiger partial charge in [0.15, 0.2) is 17.6 Å². The van der Waals surface area contributed by atoms with Crippen LogP contribution < -0.4 is 9.47 Å². The highest BCUT2D eigenvalue weighted by Gasteiger charge is 2.30. The fourth-order valence-electron chi connectivity index (χ4n) is 3.16. The SMILES string of the molecule is CC(OC(=O)c1cc2c(cc1[N+](=O)[O-])OCCO2)C(=O)c1c[nH]c2ccccc12. The number of carbonyl (C=O) groups excluding carboxylic acids is 2. The number of carbonyl (C=O) groups is 2. The van der Waals surface area contributed by atoms with Gasteiger partial charge in [-0.3, -0.25) is 14.9 Å². The average molecular weight is 396 g/mol. The highest BCUT2D eigenvalue weighted by Crippen LogP contribution is 2.37. The zero-order valence-corrected chi connectivity index (χ0v) is 15.3. The van der Waals surface area contributed by atoms with Crippen LogP contribution in [0.15, 0.2) is 42.6 Å². The zero-order chi connectivity index (χ0) is 20.5. The number of Topliss-reactive ketones (excluding diaryl/α,β-unsaturated/α-hetero) is 1. The second-order valence-electron chi connectivity index (χ2n) is 6.43. The minimum atomic E-state index is -1.14. The summed E-state index contributed by atoms with van der Waals surface area (Å²) in [5, 5.41) is 12.1. The lowest BCUT2D eigenvalue weighted by Gasteiger charge is -2.19. The van der Waals surface area contributed by atoms with Crippen LogP contribution in [0.3, 0.4) is 0 Å². The van der Waals surface area contributed by atoms with E-state index in [9.17, 15) is 19.7 Å². The first-order chi connectivity index (χ1) is 14.0. The standard InChI is InChI=1S/C20H16N2O7/c1-11(19(23)14-10-21-15-5-3-2-4-12(14)15)29-20(24)13-8-17-18(28-7-6-27-17)9-16(13)22(25)26/h2-5,8-11,21H,6-7H2,1H3. The Kier molecular flexibility index (Phi) is 4.63. The van der Waals surface area contributed by atoms with Gasteiger partial charge in [-0.25, -0.2) is 4.79 Å². The molecule has 0 amide bonds. The molecule has 0 bridgehead atoms. The Hall–Kier alpha value is -3.88. The molecule has 0 saturated carbocycles. The molecule has 9 heteroatoms. The number of fused-ring (bicyclic) bond motifs is 2. The summed E-state index contributed by atoms with van der Waals surface area (Å²) >= 11 is 0. The van der Waals surface area contributed by atoms with Crippen molar-refractivity contribution in [3.63, 3.8) is 0 Å². The van der Waals surface area contributed by atoms with E-state index in [-0.39, 0.29) is 30.3 Å². The van der Waals surface area contributed by atoms with E-state index in [1.165, 1.54) is 13.0 Å². The summed E-state index contributed by atoms with van der Waals surface area (Å²) in [5.74, 6) is -1.02. The van der Waals surface area contributed by atoms with Crippen molar-refractivity contribution in [2.45, 2.75) is 13.0 Å². The maximum atomic E-state index is 12.8. The molecule has 1 aliphatic rings. The third-order valence-electron chi connectivity index (χ3n) is 4.58. The molecule has 1 atom stereocenters. The summed E-state index contributed by atoms with van der Waals surface area (Å²) in [6.45, 7) is 1.94. The number of ketones is 1. The highest BCUT2D eigenvalue weighted by molar-refractivity contribution is 6.10. The molecule has 0 aliphatic carbocycles. The monoisotopic (exact) mass is 396 g/mol. The minimum absolute atomic E-state index is 0.183. The van der Waals surface area contributed by atoms with E-state index in [4.69, 9.17) is 14.2 Å². The zero-order valence-electron chi connectivity index (χ0n) is 15.3. The quantitative estimate of drug-likeness (QED) is 0.304. The fraction of sp³-hybridized carbons (Fsp3) is 0.200. The van der Waals surface area contributed by atoms with E-state index in [1.807, 2.05) is 12.1 Å². The van der Waals surface area contributed by atoms with Crippen molar-refractivity contribution in [3.05, 3.63) is 63.8 Å². The minimum Gasteiger partial charge on any atom is -0.486 e. The Balaban J connectivity index is 1.60. The highest BCUT2D eigenvalue weighted by atomic mass is 16.6. The van der Waals surface area contributed by atoms with Crippen LogP contribution in [-0.4, -0.2) is 41.0 Å². The van der Waals surface area contributed by atoms with Crippen LogP contribution in [0.4, 0.5) is 5.69 Å². The molecule has 148 valence electrons. The Morgan fingerprint density at radius 1 is 1.14 bits per heavy atom. The van der Waals surface area contributed by atoms with Crippen LogP contribution in [0, 0.1) is 10.1 Å². The van der Waals surface area contributed by atoms with Crippen molar-refractivity contribution < 1.29 is 28.7 Å². The molecular formula is C20H16N2O7. The Bertz CT molecular complexity index is 1140. The van der Waals surface area contributed by atoms with Crippen LogP contribution in [-0.2, 0) is 4.74 Å². The van der Waals surface area contributed by atoms with Crippen LogP contribution in [0.1, 0.15) is 27.6 Å². The molecule has 0 spiro atoms. The van der Waals surface area contributed by atoms with Gasteiger partial charge in [0, 0.05) is 28.7 Å². The number of esters is 1. The second-order valence-corrected chi connectivity index (χ2v) is 6.43. The van der Waals surface area contributed by atoms with Gasteiger partial charge >= 0.3 is 5.97 Å². The number of hydrogen-bond donors (Lipinski definition) is 1. The largest absolute Gasteiger partial charge is 0.486 e. The maximum absolute atomic E-state index is 12.8. The Morgan fingerprint density at radius 2 is 1.83 bits per heavy atom. The predicted octanol–water partition coefficient (Wildman–Crippen LogP) is 3.28. The van der Waals surface area contributed by atoms with Gasteiger partial charge in [-0.15, -0.1) is 0 Å². The van der Waals surface area contributed by atoms with Crippen LogP contribution in [0.5, 0.6) is 11.5 Å². The summed E-state index contributed by atoms with van der Waals surface area (Å²) in [6, 6.07) is 9.55. The van der Waals surface area contributed by atoms with E-state index in [0.717, 1.165) is 11.6 Å². The number of nitro groups is 1. The normalized spacial score (nSPS) is 13.7. The number of rotatable bonds is 5. The average Bonchev–Trinajstić information content (AvgIpc) is 3.16. The summed E-state index contributed by atoms with van der Waals surface area (Å²) in [6.07, 6.45) is 0.402. The van der Waals surface area contributed by atoms with Gasteiger partial charge in [0.2, 0.25) is 5.78 Å². The molecule has 3 aromatic rings. The van der Waals surface area contributed by atoms with E-state index in [2.05, 4.69) is 4.98 Å². The van der Waals surface area contributed by atoms with Crippen molar-refractivity contribution in [1.82, 2.24) is 4.98 Å². The van der Waals surface area contributed by atoms with Gasteiger partial charge in [0.1, 0.15) is 18.8 Å². The van der Waals surface area contributed by atoms with Gasteiger partial charge in [0.25, 0.3) is 5.69 Å². The number of aromatic nitrogens is 1. The molecule has 9 nitrogen and oxygen atoms in total. The van der Waals surface area contributed by atoms with Crippen LogP contribution >= 0.6 is 0 Å². The molecule has 1 aromatic heterocycles. The first-order valence-electron chi connectivity index (χ1n) is 8.85. The number of hydrogen-bond acceptors (Lipinski definition) is 7.